The topological polar surface area (TPSA) is 64.3 Å². The number of hydrogen-bond acceptors (Lipinski definition) is 3. The van der Waals surface area contributed by atoms with E-state index in [-0.39, 0.29) is 11.7 Å². The summed E-state index contributed by atoms with van der Waals surface area (Å²) in [7, 11) is 0. The van der Waals surface area contributed by atoms with Crippen molar-refractivity contribution in [2.24, 2.45) is 5.92 Å². The van der Waals surface area contributed by atoms with Crippen LogP contribution in [0.15, 0.2) is 48.5 Å². The Hall–Kier alpha value is -2.71. The molecule has 0 aliphatic carbocycles. The lowest BCUT2D eigenvalue weighted by molar-refractivity contribution is -0.141. The molecule has 2 atom stereocenters. The predicted octanol–water partition coefficient (Wildman–Crippen LogP) is 3.00. The molecule has 5 heteroatoms. The van der Waals surface area contributed by atoms with Gasteiger partial charge in [0.1, 0.15) is 5.82 Å². The molecule has 0 aromatic heterocycles. The van der Waals surface area contributed by atoms with Crippen molar-refractivity contribution < 1.29 is 14.3 Å². The summed E-state index contributed by atoms with van der Waals surface area (Å²) in [6, 6.07) is 15.5. The van der Waals surface area contributed by atoms with Crippen molar-refractivity contribution in [1.29, 1.82) is 5.26 Å². The van der Waals surface area contributed by atoms with Gasteiger partial charge in [0.05, 0.1) is 17.6 Å². The van der Waals surface area contributed by atoms with Crippen molar-refractivity contribution in [2.45, 2.75) is 12.5 Å². The summed E-state index contributed by atoms with van der Waals surface area (Å²) in [6.07, 6.45) is 0. The van der Waals surface area contributed by atoms with Gasteiger partial charge in [0.2, 0.25) is 0 Å². The number of rotatable bonds is 4. The zero-order chi connectivity index (χ0) is 17.1. The van der Waals surface area contributed by atoms with Gasteiger partial charge < -0.3 is 5.11 Å². The average molecular weight is 324 g/mol. The van der Waals surface area contributed by atoms with Crippen molar-refractivity contribution >= 4 is 5.97 Å². The molecule has 3 rings (SSSR count). The first-order valence-electron chi connectivity index (χ1n) is 7.76. The maximum absolute atomic E-state index is 13.1. The van der Waals surface area contributed by atoms with E-state index in [0.717, 1.165) is 11.1 Å². The number of carbonyl (C=O) groups is 1. The highest BCUT2D eigenvalue weighted by Crippen LogP contribution is 2.33. The van der Waals surface area contributed by atoms with E-state index in [1.165, 1.54) is 12.1 Å². The van der Waals surface area contributed by atoms with Crippen LogP contribution in [-0.2, 0) is 11.3 Å². The summed E-state index contributed by atoms with van der Waals surface area (Å²) in [5.74, 6) is -1.81. The molecular weight excluding hydrogens is 307 g/mol. The van der Waals surface area contributed by atoms with Crippen LogP contribution in [-0.4, -0.2) is 29.1 Å². The molecule has 0 saturated carbocycles. The molecule has 2 aromatic rings. The van der Waals surface area contributed by atoms with E-state index in [0.29, 0.717) is 25.2 Å². The zero-order valence-corrected chi connectivity index (χ0v) is 13.0. The third-order valence-corrected chi connectivity index (χ3v) is 4.50. The van der Waals surface area contributed by atoms with Crippen LogP contribution in [0.3, 0.4) is 0 Å². The van der Waals surface area contributed by atoms with Crippen molar-refractivity contribution in [1.82, 2.24) is 4.90 Å². The van der Waals surface area contributed by atoms with E-state index in [1.807, 2.05) is 12.1 Å². The first-order valence-corrected chi connectivity index (χ1v) is 7.76. The molecule has 1 saturated heterocycles. The van der Waals surface area contributed by atoms with E-state index in [1.54, 1.807) is 24.3 Å². The molecule has 0 unspecified atom stereocenters. The second-order valence-corrected chi connectivity index (χ2v) is 6.11. The Kier molecular flexibility index (Phi) is 4.59. The molecule has 0 radical (unpaired) electrons. The molecule has 1 aliphatic heterocycles. The van der Waals surface area contributed by atoms with Gasteiger partial charge in [0.25, 0.3) is 0 Å². The molecule has 0 bridgehead atoms. The van der Waals surface area contributed by atoms with Crippen molar-refractivity contribution in [3.05, 3.63) is 71.0 Å². The minimum absolute atomic E-state index is 0.151. The van der Waals surface area contributed by atoms with Gasteiger partial charge in [-0.05, 0) is 35.4 Å². The van der Waals surface area contributed by atoms with Gasteiger partial charge in [-0.3, -0.25) is 9.69 Å². The van der Waals surface area contributed by atoms with Crippen molar-refractivity contribution in [3.63, 3.8) is 0 Å². The van der Waals surface area contributed by atoms with Gasteiger partial charge >= 0.3 is 5.97 Å². The minimum Gasteiger partial charge on any atom is -0.481 e. The molecule has 2 aromatic carbocycles. The van der Waals surface area contributed by atoms with Gasteiger partial charge in [-0.15, -0.1) is 0 Å². The Labute approximate surface area is 139 Å². The first kappa shape index (κ1) is 16.2. The van der Waals surface area contributed by atoms with Crippen molar-refractivity contribution in [2.75, 3.05) is 13.1 Å². The number of nitrogens with zero attached hydrogens (tertiary/aromatic N) is 2. The largest absolute Gasteiger partial charge is 0.481 e. The monoisotopic (exact) mass is 324 g/mol. The Bertz CT molecular complexity index is 765. The smallest absolute Gasteiger partial charge is 0.308 e. The summed E-state index contributed by atoms with van der Waals surface area (Å²) in [5.41, 5.74) is 2.50. The Morgan fingerprint density at radius 3 is 2.42 bits per heavy atom. The molecule has 0 amide bonds. The molecule has 122 valence electrons. The van der Waals surface area contributed by atoms with E-state index < -0.39 is 11.9 Å². The molecule has 1 N–H and O–H groups in total. The number of halogens is 1. The molecule has 4 nitrogen and oxygen atoms in total. The fraction of sp³-hybridized carbons (Fsp3) is 0.263. The standard InChI is InChI=1S/C19H17FN2O2/c20-16-7-5-15(6-8-16)17-11-22(12-18(17)19(23)24)10-14-3-1-13(9-21)2-4-14/h1-8,17-18H,10-12H2,(H,23,24)/t17-,18+/m1/s1. The third kappa shape index (κ3) is 3.44. The van der Waals surface area contributed by atoms with Crippen LogP contribution in [0, 0.1) is 23.1 Å². The van der Waals surface area contributed by atoms with Gasteiger partial charge in [0, 0.05) is 25.6 Å². The highest BCUT2D eigenvalue weighted by atomic mass is 19.1. The Balaban J connectivity index is 1.75. The Morgan fingerprint density at radius 2 is 1.83 bits per heavy atom. The van der Waals surface area contributed by atoms with Crippen LogP contribution in [0.1, 0.15) is 22.6 Å². The Morgan fingerprint density at radius 1 is 1.17 bits per heavy atom. The fourth-order valence-corrected chi connectivity index (χ4v) is 3.26. The summed E-state index contributed by atoms with van der Waals surface area (Å²) >= 11 is 0. The second-order valence-electron chi connectivity index (χ2n) is 6.11. The lowest BCUT2D eigenvalue weighted by Crippen LogP contribution is -2.23. The number of carboxylic acid groups (broad SMARTS) is 1. The number of hydrogen-bond donors (Lipinski definition) is 1. The molecule has 1 aliphatic rings. The normalized spacial score (nSPS) is 20.7. The highest BCUT2D eigenvalue weighted by Gasteiger charge is 2.38. The van der Waals surface area contributed by atoms with Gasteiger partial charge in [-0.1, -0.05) is 24.3 Å². The molecule has 1 fully saturated rings. The van der Waals surface area contributed by atoms with Crippen LogP contribution in [0.4, 0.5) is 4.39 Å². The summed E-state index contributed by atoms with van der Waals surface area (Å²) in [6.45, 7) is 1.70. The van der Waals surface area contributed by atoms with Crippen LogP contribution in [0.25, 0.3) is 0 Å². The summed E-state index contributed by atoms with van der Waals surface area (Å²) in [4.78, 5) is 13.7. The number of nitriles is 1. The first-order chi connectivity index (χ1) is 11.6. The molecular formula is C19H17FN2O2. The average Bonchev–Trinajstić information content (AvgIpc) is 3.00. The molecule has 1 heterocycles. The number of likely N-dealkylation sites (tertiary alicyclic amines) is 1. The fourth-order valence-electron chi connectivity index (χ4n) is 3.26. The van der Waals surface area contributed by atoms with Crippen molar-refractivity contribution in [3.8, 4) is 6.07 Å². The van der Waals surface area contributed by atoms with Gasteiger partial charge in [0.15, 0.2) is 0 Å². The number of carboxylic acids is 1. The van der Waals surface area contributed by atoms with E-state index in [4.69, 9.17) is 5.26 Å². The quantitative estimate of drug-likeness (QED) is 0.939. The summed E-state index contributed by atoms with van der Waals surface area (Å²) < 4.78 is 13.1. The van der Waals surface area contributed by atoms with E-state index >= 15 is 0 Å². The van der Waals surface area contributed by atoms with Crippen LogP contribution < -0.4 is 0 Å². The minimum atomic E-state index is -0.827. The van der Waals surface area contributed by atoms with Crippen LogP contribution in [0.5, 0.6) is 0 Å². The third-order valence-electron chi connectivity index (χ3n) is 4.50. The maximum atomic E-state index is 13.1. The summed E-state index contributed by atoms with van der Waals surface area (Å²) in [5, 5.41) is 18.4. The van der Waals surface area contributed by atoms with Crippen LogP contribution in [0.2, 0.25) is 0 Å². The molecule has 0 spiro atoms. The van der Waals surface area contributed by atoms with E-state index in [2.05, 4.69) is 11.0 Å². The lowest BCUT2D eigenvalue weighted by Gasteiger charge is -2.16. The number of benzene rings is 2. The van der Waals surface area contributed by atoms with E-state index in [9.17, 15) is 14.3 Å². The number of aliphatic carboxylic acids is 1. The SMILES string of the molecule is N#Cc1ccc(CN2C[C@H](C(=O)O)[C@@H](c3ccc(F)cc3)C2)cc1. The van der Waals surface area contributed by atoms with Gasteiger partial charge in [-0.2, -0.15) is 5.26 Å². The predicted molar refractivity (Wildman–Crippen MR) is 86.7 cm³/mol. The lowest BCUT2D eigenvalue weighted by atomic mass is 9.89. The van der Waals surface area contributed by atoms with Gasteiger partial charge in [-0.25, -0.2) is 4.39 Å². The zero-order valence-electron chi connectivity index (χ0n) is 13.0. The second kappa shape index (κ2) is 6.81. The highest BCUT2D eigenvalue weighted by molar-refractivity contribution is 5.72. The maximum Gasteiger partial charge on any atom is 0.308 e. The van der Waals surface area contributed by atoms with Crippen LogP contribution >= 0.6 is 0 Å². The molecule has 24 heavy (non-hydrogen) atoms.